The van der Waals surface area contributed by atoms with Gasteiger partial charge in [0.05, 0.1) is 0 Å². The summed E-state index contributed by atoms with van der Waals surface area (Å²) < 4.78 is 0. The van der Waals surface area contributed by atoms with E-state index < -0.39 is 0 Å². The van der Waals surface area contributed by atoms with E-state index in [1.54, 1.807) is 0 Å². The van der Waals surface area contributed by atoms with Crippen molar-refractivity contribution in [3.8, 4) is 0 Å². The normalized spacial score (nSPS) is 18.2. The van der Waals surface area contributed by atoms with Gasteiger partial charge in [-0.3, -0.25) is 0 Å². The molecule has 1 aliphatic rings. The number of anilines is 1. The lowest BCUT2D eigenvalue weighted by atomic mass is 10.0. The number of nitrogens with zero attached hydrogens (tertiary/aromatic N) is 1. The molecular formula is C19H24N2. The SMILES string of the molecule is CNC1CCCN(Cc2cccc(C)c2)c2ccccc21. The van der Waals surface area contributed by atoms with Crippen molar-refractivity contribution in [2.24, 2.45) is 0 Å². The number of fused-ring (bicyclic) bond motifs is 1. The Hall–Kier alpha value is -1.80. The van der Waals surface area contributed by atoms with Gasteiger partial charge in [-0.05, 0) is 44.0 Å². The Labute approximate surface area is 127 Å². The third-order valence-electron chi connectivity index (χ3n) is 4.38. The summed E-state index contributed by atoms with van der Waals surface area (Å²) >= 11 is 0. The number of hydrogen-bond acceptors (Lipinski definition) is 2. The molecule has 1 atom stereocenters. The van der Waals surface area contributed by atoms with Crippen LogP contribution < -0.4 is 10.2 Å². The molecule has 2 nitrogen and oxygen atoms in total. The largest absolute Gasteiger partial charge is 0.367 e. The summed E-state index contributed by atoms with van der Waals surface area (Å²) in [6.07, 6.45) is 2.43. The van der Waals surface area contributed by atoms with Crippen LogP contribution in [0.1, 0.15) is 35.6 Å². The molecule has 21 heavy (non-hydrogen) atoms. The minimum Gasteiger partial charge on any atom is -0.367 e. The van der Waals surface area contributed by atoms with Gasteiger partial charge < -0.3 is 10.2 Å². The van der Waals surface area contributed by atoms with E-state index in [-0.39, 0.29) is 0 Å². The summed E-state index contributed by atoms with van der Waals surface area (Å²) in [6, 6.07) is 18.2. The van der Waals surface area contributed by atoms with Gasteiger partial charge in [0.25, 0.3) is 0 Å². The lowest BCUT2D eigenvalue weighted by Gasteiger charge is -2.26. The molecule has 2 aromatic rings. The first-order valence-corrected chi connectivity index (χ1v) is 7.84. The number of benzene rings is 2. The van der Waals surface area contributed by atoms with E-state index in [2.05, 4.69) is 72.7 Å². The van der Waals surface area contributed by atoms with Crippen molar-refractivity contribution in [3.05, 3.63) is 65.2 Å². The van der Waals surface area contributed by atoms with Crippen molar-refractivity contribution < 1.29 is 0 Å². The average molecular weight is 280 g/mol. The van der Waals surface area contributed by atoms with Gasteiger partial charge in [0.15, 0.2) is 0 Å². The van der Waals surface area contributed by atoms with Crippen molar-refractivity contribution in [2.45, 2.75) is 32.4 Å². The second-order valence-corrected chi connectivity index (χ2v) is 5.95. The summed E-state index contributed by atoms with van der Waals surface area (Å²) in [6.45, 7) is 4.29. The topological polar surface area (TPSA) is 15.3 Å². The van der Waals surface area contributed by atoms with E-state index in [1.807, 2.05) is 0 Å². The van der Waals surface area contributed by atoms with Gasteiger partial charge in [-0.2, -0.15) is 0 Å². The van der Waals surface area contributed by atoms with Crippen LogP contribution in [0, 0.1) is 6.92 Å². The fourth-order valence-corrected chi connectivity index (χ4v) is 3.33. The van der Waals surface area contributed by atoms with Gasteiger partial charge in [0.2, 0.25) is 0 Å². The molecule has 1 heterocycles. The molecule has 2 aromatic carbocycles. The van der Waals surface area contributed by atoms with Crippen molar-refractivity contribution in [2.75, 3.05) is 18.5 Å². The highest BCUT2D eigenvalue weighted by molar-refractivity contribution is 5.56. The van der Waals surface area contributed by atoms with Crippen molar-refractivity contribution in [1.82, 2.24) is 5.32 Å². The summed E-state index contributed by atoms with van der Waals surface area (Å²) in [5.74, 6) is 0. The van der Waals surface area contributed by atoms with Crippen molar-refractivity contribution in [3.63, 3.8) is 0 Å². The van der Waals surface area contributed by atoms with Crippen LogP contribution in [0.2, 0.25) is 0 Å². The zero-order valence-electron chi connectivity index (χ0n) is 13.0. The van der Waals surface area contributed by atoms with Crippen LogP contribution in [-0.2, 0) is 6.54 Å². The average Bonchev–Trinajstić information content (AvgIpc) is 2.67. The van der Waals surface area contributed by atoms with E-state index in [4.69, 9.17) is 0 Å². The predicted molar refractivity (Wildman–Crippen MR) is 89.7 cm³/mol. The minimum absolute atomic E-state index is 0.476. The number of rotatable bonds is 3. The molecule has 2 heteroatoms. The van der Waals surface area contributed by atoms with Crippen LogP contribution in [0.3, 0.4) is 0 Å². The molecule has 110 valence electrons. The number of hydrogen-bond donors (Lipinski definition) is 1. The molecule has 0 fully saturated rings. The van der Waals surface area contributed by atoms with Gasteiger partial charge in [0, 0.05) is 24.8 Å². The molecule has 0 bridgehead atoms. The number of para-hydroxylation sites is 1. The van der Waals surface area contributed by atoms with Crippen LogP contribution >= 0.6 is 0 Å². The monoisotopic (exact) mass is 280 g/mol. The molecule has 0 saturated carbocycles. The zero-order chi connectivity index (χ0) is 14.7. The first-order chi connectivity index (χ1) is 10.3. The highest BCUT2D eigenvalue weighted by atomic mass is 15.1. The maximum absolute atomic E-state index is 3.47. The highest BCUT2D eigenvalue weighted by Gasteiger charge is 2.21. The Morgan fingerprint density at radius 2 is 2.00 bits per heavy atom. The predicted octanol–water partition coefficient (Wildman–Crippen LogP) is 4.06. The lowest BCUT2D eigenvalue weighted by molar-refractivity contribution is 0.541. The second-order valence-electron chi connectivity index (χ2n) is 5.95. The lowest BCUT2D eigenvalue weighted by Crippen LogP contribution is -2.23. The molecule has 0 saturated heterocycles. The third kappa shape index (κ3) is 3.11. The Bertz CT molecular complexity index is 606. The van der Waals surface area contributed by atoms with E-state index in [9.17, 15) is 0 Å². The summed E-state index contributed by atoms with van der Waals surface area (Å²) in [5, 5.41) is 3.47. The number of aryl methyl sites for hydroxylation is 1. The van der Waals surface area contributed by atoms with Crippen LogP contribution in [-0.4, -0.2) is 13.6 Å². The fraction of sp³-hybridized carbons (Fsp3) is 0.368. The van der Waals surface area contributed by atoms with Crippen LogP contribution in [0.5, 0.6) is 0 Å². The number of nitrogens with one attached hydrogen (secondary N) is 1. The molecule has 0 amide bonds. The molecule has 1 aliphatic heterocycles. The van der Waals surface area contributed by atoms with Gasteiger partial charge in [0.1, 0.15) is 0 Å². The Balaban J connectivity index is 1.91. The van der Waals surface area contributed by atoms with Crippen LogP contribution in [0.15, 0.2) is 48.5 Å². The van der Waals surface area contributed by atoms with E-state index in [0.29, 0.717) is 6.04 Å². The summed E-state index contributed by atoms with van der Waals surface area (Å²) in [5.41, 5.74) is 5.55. The van der Waals surface area contributed by atoms with Gasteiger partial charge in [-0.1, -0.05) is 48.0 Å². The summed E-state index contributed by atoms with van der Waals surface area (Å²) in [4.78, 5) is 2.53. The van der Waals surface area contributed by atoms with E-state index in [0.717, 1.165) is 13.1 Å². The quantitative estimate of drug-likeness (QED) is 0.912. The molecule has 0 radical (unpaired) electrons. The smallest absolute Gasteiger partial charge is 0.0429 e. The third-order valence-corrected chi connectivity index (χ3v) is 4.38. The maximum Gasteiger partial charge on any atom is 0.0429 e. The molecule has 0 aromatic heterocycles. The Kier molecular flexibility index (Phi) is 4.26. The molecular weight excluding hydrogens is 256 g/mol. The zero-order valence-corrected chi connectivity index (χ0v) is 13.0. The van der Waals surface area contributed by atoms with Crippen LogP contribution in [0.4, 0.5) is 5.69 Å². The van der Waals surface area contributed by atoms with Gasteiger partial charge in [-0.15, -0.1) is 0 Å². The van der Waals surface area contributed by atoms with Crippen molar-refractivity contribution >= 4 is 5.69 Å². The Morgan fingerprint density at radius 3 is 2.81 bits per heavy atom. The minimum atomic E-state index is 0.476. The first kappa shape index (κ1) is 14.2. The summed E-state index contributed by atoms with van der Waals surface area (Å²) in [7, 11) is 2.07. The molecule has 1 N–H and O–H groups in total. The molecule has 0 aliphatic carbocycles. The van der Waals surface area contributed by atoms with Gasteiger partial charge >= 0.3 is 0 Å². The maximum atomic E-state index is 3.47. The molecule has 0 spiro atoms. The fourth-order valence-electron chi connectivity index (χ4n) is 3.33. The van der Waals surface area contributed by atoms with Crippen molar-refractivity contribution in [1.29, 1.82) is 0 Å². The first-order valence-electron chi connectivity index (χ1n) is 7.84. The molecule has 3 rings (SSSR count). The van der Waals surface area contributed by atoms with E-state index in [1.165, 1.54) is 35.2 Å². The standard InChI is InChI=1S/C19H24N2/c1-15-7-5-8-16(13-15)14-21-12-6-10-18(20-2)17-9-3-4-11-19(17)21/h3-5,7-9,11,13,18,20H,6,10,12,14H2,1-2H3. The highest BCUT2D eigenvalue weighted by Crippen LogP contribution is 2.33. The van der Waals surface area contributed by atoms with Crippen LogP contribution in [0.25, 0.3) is 0 Å². The van der Waals surface area contributed by atoms with E-state index >= 15 is 0 Å². The second kappa shape index (κ2) is 6.31. The van der Waals surface area contributed by atoms with Gasteiger partial charge in [-0.25, -0.2) is 0 Å². The molecule has 1 unspecified atom stereocenters. The Morgan fingerprint density at radius 1 is 1.14 bits per heavy atom.